The van der Waals surface area contributed by atoms with Crippen molar-refractivity contribution in [3.8, 4) is 0 Å². The first-order valence-electron chi connectivity index (χ1n) is 16.2. The first-order chi connectivity index (χ1) is 23.8. The SMILES string of the molecule is CCN(Cc1ccc(S(=O)(=O)O)cc1)c1ccc(C(=C2C=CC(=[N+](C)C)C=C2)c2ccc(N(CC)Cc3cccc(S(=O)(=O)O)c3)cc2)cc1. The molecule has 11 heteroatoms. The minimum atomic E-state index is -4.29. The minimum Gasteiger partial charge on any atom is -0.367 e. The van der Waals surface area contributed by atoms with Crippen LogP contribution in [0, 0.1) is 0 Å². The van der Waals surface area contributed by atoms with Crippen LogP contribution in [0.1, 0.15) is 36.1 Å². The molecule has 0 bridgehead atoms. The fourth-order valence-corrected chi connectivity index (χ4v) is 6.92. The summed E-state index contributed by atoms with van der Waals surface area (Å²) >= 11 is 0. The maximum absolute atomic E-state index is 11.7. The van der Waals surface area contributed by atoms with Crippen molar-refractivity contribution in [1.29, 1.82) is 0 Å². The van der Waals surface area contributed by atoms with Gasteiger partial charge in [-0.15, -0.1) is 0 Å². The van der Waals surface area contributed by atoms with E-state index in [1.54, 1.807) is 18.2 Å². The van der Waals surface area contributed by atoms with Gasteiger partial charge in [0.2, 0.25) is 0 Å². The Balaban J connectivity index is 1.44. The highest BCUT2D eigenvalue weighted by Crippen LogP contribution is 2.33. The van der Waals surface area contributed by atoms with Gasteiger partial charge in [0.25, 0.3) is 20.2 Å². The summed E-state index contributed by atoms with van der Waals surface area (Å²) in [5, 5.41) is 0. The zero-order valence-corrected chi connectivity index (χ0v) is 30.2. The number of hydrogen-bond donors (Lipinski definition) is 2. The molecule has 0 unspecified atom stereocenters. The molecule has 0 radical (unpaired) electrons. The molecule has 9 nitrogen and oxygen atoms in total. The Morgan fingerprint density at radius 3 is 1.52 bits per heavy atom. The van der Waals surface area contributed by atoms with Gasteiger partial charge in [0.15, 0.2) is 5.71 Å². The van der Waals surface area contributed by atoms with Gasteiger partial charge in [-0.1, -0.05) is 48.5 Å². The predicted molar refractivity (Wildman–Crippen MR) is 200 cm³/mol. The third kappa shape index (κ3) is 8.85. The Bertz CT molecular complexity index is 2170. The first kappa shape index (κ1) is 36.5. The van der Waals surface area contributed by atoms with Gasteiger partial charge in [-0.3, -0.25) is 9.11 Å². The summed E-state index contributed by atoms with van der Waals surface area (Å²) in [5.41, 5.74) is 9.01. The lowest BCUT2D eigenvalue weighted by Crippen LogP contribution is -2.22. The number of benzene rings is 4. The van der Waals surface area contributed by atoms with Crippen molar-refractivity contribution >= 4 is 42.9 Å². The van der Waals surface area contributed by atoms with E-state index in [9.17, 15) is 25.9 Å². The molecule has 0 aromatic heterocycles. The lowest BCUT2D eigenvalue weighted by atomic mass is 9.90. The molecular formula is C39H42N3O6S2+. The van der Waals surface area contributed by atoms with Crippen LogP contribution in [0.25, 0.3) is 5.57 Å². The van der Waals surface area contributed by atoms with Crippen LogP contribution in [0.3, 0.4) is 0 Å². The van der Waals surface area contributed by atoms with Crippen LogP contribution in [-0.2, 0) is 33.3 Å². The maximum atomic E-state index is 11.7. The van der Waals surface area contributed by atoms with E-state index in [1.165, 1.54) is 24.3 Å². The van der Waals surface area contributed by atoms with E-state index in [-0.39, 0.29) is 9.79 Å². The van der Waals surface area contributed by atoms with Crippen molar-refractivity contribution in [3.63, 3.8) is 0 Å². The summed E-state index contributed by atoms with van der Waals surface area (Å²) < 4.78 is 67.2. The van der Waals surface area contributed by atoms with Crippen LogP contribution >= 0.6 is 0 Å². The van der Waals surface area contributed by atoms with Crippen molar-refractivity contribution < 1.29 is 30.5 Å². The molecule has 0 heterocycles. The Kier molecular flexibility index (Phi) is 11.2. The zero-order valence-electron chi connectivity index (χ0n) is 28.6. The van der Waals surface area contributed by atoms with Gasteiger partial charge in [0.1, 0.15) is 14.1 Å². The fourth-order valence-electron chi connectivity index (χ4n) is 5.89. The first-order valence-corrected chi connectivity index (χ1v) is 19.1. The van der Waals surface area contributed by atoms with E-state index in [2.05, 4.69) is 94.1 Å². The van der Waals surface area contributed by atoms with Crippen LogP contribution in [-0.4, -0.2) is 63.4 Å². The third-order valence-electron chi connectivity index (χ3n) is 8.64. The van der Waals surface area contributed by atoms with Crippen LogP contribution in [0.15, 0.2) is 137 Å². The summed E-state index contributed by atoms with van der Waals surface area (Å²) in [4.78, 5) is 4.08. The predicted octanol–water partition coefficient (Wildman–Crippen LogP) is 6.87. The summed E-state index contributed by atoms with van der Waals surface area (Å²) in [6, 6.07) is 29.4. The molecule has 4 aromatic carbocycles. The zero-order chi connectivity index (χ0) is 36.1. The van der Waals surface area contributed by atoms with Crippen molar-refractivity contribution in [2.24, 2.45) is 0 Å². The van der Waals surface area contributed by atoms with E-state index in [4.69, 9.17) is 0 Å². The molecule has 0 aliphatic heterocycles. The summed E-state index contributed by atoms with van der Waals surface area (Å²) in [6.45, 7) is 6.58. The maximum Gasteiger partial charge on any atom is 0.294 e. The Morgan fingerprint density at radius 1 is 0.600 bits per heavy atom. The quantitative estimate of drug-likeness (QED) is 0.121. The topological polar surface area (TPSA) is 118 Å². The Hall–Kier alpha value is -4.81. The molecule has 50 heavy (non-hydrogen) atoms. The van der Waals surface area contributed by atoms with E-state index < -0.39 is 20.2 Å². The van der Waals surface area contributed by atoms with E-state index in [0.717, 1.165) is 57.0 Å². The highest BCUT2D eigenvalue weighted by atomic mass is 32.2. The lowest BCUT2D eigenvalue weighted by molar-refractivity contribution is -0.462. The molecule has 0 spiro atoms. The molecular weight excluding hydrogens is 671 g/mol. The smallest absolute Gasteiger partial charge is 0.294 e. The van der Waals surface area contributed by atoms with Crippen LogP contribution in [0.4, 0.5) is 11.4 Å². The second-order valence-electron chi connectivity index (χ2n) is 12.2. The molecule has 1 aliphatic rings. The number of hydrogen-bond acceptors (Lipinski definition) is 6. The van der Waals surface area contributed by atoms with Gasteiger partial charge < -0.3 is 9.80 Å². The highest BCUT2D eigenvalue weighted by molar-refractivity contribution is 7.86. The van der Waals surface area contributed by atoms with Crippen LogP contribution < -0.4 is 9.80 Å². The van der Waals surface area contributed by atoms with E-state index in [1.807, 2.05) is 27.1 Å². The van der Waals surface area contributed by atoms with Gasteiger partial charge in [0.05, 0.1) is 9.79 Å². The molecule has 0 saturated heterocycles. The second-order valence-corrected chi connectivity index (χ2v) is 15.0. The summed E-state index contributed by atoms with van der Waals surface area (Å²) in [7, 11) is -4.51. The van der Waals surface area contributed by atoms with E-state index in [0.29, 0.717) is 19.6 Å². The summed E-state index contributed by atoms with van der Waals surface area (Å²) in [6.07, 6.45) is 8.46. The molecule has 0 amide bonds. The molecule has 0 saturated carbocycles. The number of anilines is 2. The molecule has 2 N–H and O–H groups in total. The average molecular weight is 713 g/mol. The Labute approximate surface area is 295 Å². The van der Waals surface area contributed by atoms with Gasteiger partial charge in [-0.2, -0.15) is 16.8 Å². The molecule has 0 atom stereocenters. The van der Waals surface area contributed by atoms with Crippen molar-refractivity contribution in [2.75, 3.05) is 37.0 Å². The van der Waals surface area contributed by atoms with Gasteiger partial charge in [0, 0.05) is 49.7 Å². The minimum absolute atomic E-state index is 0.122. The average Bonchev–Trinajstić information content (AvgIpc) is 3.10. The van der Waals surface area contributed by atoms with Gasteiger partial charge >= 0.3 is 0 Å². The van der Waals surface area contributed by atoms with Crippen LogP contribution in [0.2, 0.25) is 0 Å². The van der Waals surface area contributed by atoms with Crippen molar-refractivity contribution in [1.82, 2.24) is 0 Å². The number of nitrogens with zero attached hydrogens (tertiary/aromatic N) is 3. The van der Waals surface area contributed by atoms with Crippen LogP contribution in [0.5, 0.6) is 0 Å². The molecule has 5 rings (SSSR count). The highest BCUT2D eigenvalue weighted by Gasteiger charge is 2.17. The third-order valence-corrected chi connectivity index (χ3v) is 10.4. The molecule has 4 aromatic rings. The number of allylic oxidation sites excluding steroid dienone is 5. The summed E-state index contributed by atoms with van der Waals surface area (Å²) in [5.74, 6) is 0. The molecule has 0 fully saturated rings. The second kappa shape index (κ2) is 15.4. The van der Waals surface area contributed by atoms with Gasteiger partial charge in [-0.05, 0) is 108 Å². The molecule has 260 valence electrons. The Morgan fingerprint density at radius 2 is 1.08 bits per heavy atom. The number of rotatable bonds is 12. The fraction of sp³-hybridized carbons (Fsp3) is 0.205. The monoisotopic (exact) mass is 712 g/mol. The largest absolute Gasteiger partial charge is 0.367 e. The lowest BCUT2D eigenvalue weighted by Gasteiger charge is -2.25. The normalized spacial score (nSPS) is 13.0. The van der Waals surface area contributed by atoms with E-state index >= 15 is 0 Å². The van der Waals surface area contributed by atoms with Gasteiger partial charge in [-0.25, -0.2) is 4.58 Å². The van der Waals surface area contributed by atoms with Crippen molar-refractivity contribution in [2.45, 2.75) is 36.7 Å². The standard InChI is InChI=1S/C39H41N3O6S2/c1-5-41(27-29-10-24-37(25-11-29)49(43,44)45)35-20-14-32(15-21-35)39(31-12-18-34(19-13-31)40(3)4)33-16-22-36(23-17-33)42(6-2)28-30-8-7-9-38(26-30)50(46,47)48/h7-26H,5-6,27-28H2,1-4H3,(H-,43,44,45,46,47,48)/p+1. The van der Waals surface area contributed by atoms with Crippen molar-refractivity contribution in [3.05, 3.63) is 149 Å². The molecule has 1 aliphatic carbocycles.